The maximum Gasteiger partial charge on any atom is 0.212 e. The van der Waals surface area contributed by atoms with E-state index in [9.17, 15) is 0 Å². The first-order valence-electron chi connectivity index (χ1n) is 7.92. The van der Waals surface area contributed by atoms with E-state index < -0.39 is 0 Å². The van der Waals surface area contributed by atoms with Gasteiger partial charge in [-0.25, -0.2) is 0 Å². The van der Waals surface area contributed by atoms with Crippen LogP contribution in [0.3, 0.4) is 0 Å². The molecule has 1 aliphatic rings. The highest BCUT2D eigenvalue weighted by molar-refractivity contribution is 7.99. The van der Waals surface area contributed by atoms with Gasteiger partial charge in [0.05, 0.1) is 11.8 Å². The fraction of sp³-hybridized carbons (Fsp3) is 0.167. The van der Waals surface area contributed by atoms with Crippen LogP contribution < -0.4 is 5.73 Å². The molecular formula is C18H16ClN5S. The van der Waals surface area contributed by atoms with Gasteiger partial charge in [0.15, 0.2) is 5.82 Å². The number of nitrogens with zero attached hydrogens (tertiary/aromatic N) is 4. The van der Waals surface area contributed by atoms with Gasteiger partial charge >= 0.3 is 0 Å². The van der Waals surface area contributed by atoms with Crippen molar-refractivity contribution in [2.24, 2.45) is 10.8 Å². The molecular weight excluding hydrogens is 354 g/mol. The van der Waals surface area contributed by atoms with Crippen molar-refractivity contribution in [3.05, 3.63) is 76.6 Å². The number of aromatic nitrogens is 3. The Kier molecular flexibility index (Phi) is 4.57. The normalized spacial score (nSPS) is 14.7. The van der Waals surface area contributed by atoms with Gasteiger partial charge in [-0.2, -0.15) is 9.78 Å². The third kappa shape index (κ3) is 3.46. The van der Waals surface area contributed by atoms with Crippen LogP contribution in [0.1, 0.15) is 23.0 Å². The molecule has 0 amide bonds. The molecule has 2 heterocycles. The second-order valence-corrected chi connectivity index (χ2v) is 7.17. The largest absolute Gasteiger partial charge is 0.321 e. The molecule has 1 aromatic heterocycles. The molecule has 0 saturated carbocycles. The van der Waals surface area contributed by atoms with Gasteiger partial charge in [-0.3, -0.25) is 0 Å². The Balaban J connectivity index is 1.63. The molecule has 1 unspecified atom stereocenters. The monoisotopic (exact) mass is 369 g/mol. The molecule has 0 aliphatic carbocycles. The van der Waals surface area contributed by atoms with Crippen LogP contribution in [0.25, 0.3) is 0 Å². The number of nitrogens with two attached hydrogens (primary N) is 1. The number of benzene rings is 2. The lowest BCUT2D eigenvalue weighted by Crippen LogP contribution is -2.21. The summed E-state index contributed by atoms with van der Waals surface area (Å²) in [6, 6.07) is 17.5. The summed E-state index contributed by atoms with van der Waals surface area (Å²) in [6.07, 6.45) is 0.690. The van der Waals surface area contributed by atoms with Crippen molar-refractivity contribution < 1.29 is 0 Å². The average Bonchev–Trinajstić information content (AvgIpc) is 3.06. The zero-order valence-electron chi connectivity index (χ0n) is 13.3. The minimum absolute atomic E-state index is 0.266. The highest BCUT2D eigenvalue weighted by Gasteiger charge is 2.23. The lowest BCUT2D eigenvalue weighted by Gasteiger charge is -2.16. The third-order valence-electron chi connectivity index (χ3n) is 4.00. The molecule has 0 fully saturated rings. The van der Waals surface area contributed by atoms with Gasteiger partial charge in [-0.05, 0) is 29.7 Å². The molecule has 5 nitrogen and oxygen atoms in total. The fourth-order valence-electron chi connectivity index (χ4n) is 2.72. The van der Waals surface area contributed by atoms with Crippen molar-refractivity contribution in [2.45, 2.75) is 17.6 Å². The zero-order chi connectivity index (χ0) is 17.2. The number of hydrogen-bond acceptors (Lipinski definition) is 5. The molecule has 0 radical (unpaired) electrons. The second kappa shape index (κ2) is 7.00. The van der Waals surface area contributed by atoms with Gasteiger partial charge in [-0.15, -0.1) is 10.2 Å². The molecule has 2 N–H and O–H groups in total. The molecule has 4 rings (SSSR count). The first kappa shape index (κ1) is 16.3. The first-order chi connectivity index (χ1) is 12.2. The molecule has 1 aliphatic heterocycles. The Morgan fingerprint density at radius 3 is 2.60 bits per heavy atom. The smallest absolute Gasteiger partial charge is 0.212 e. The van der Waals surface area contributed by atoms with E-state index in [2.05, 4.69) is 22.3 Å². The quantitative estimate of drug-likeness (QED) is 0.763. The zero-order valence-corrected chi connectivity index (χ0v) is 14.9. The maximum absolute atomic E-state index is 6.38. The molecule has 1 atom stereocenters. The fourth-order valence-corrected chi connectivity index (χ4v) is 3.69. The number of rotatable bonds is 4. The SMILES string of the molecule is NC(Cc1ccccc1)c1nnc2n1N=C(c1ccc(Cl)cc1)CS2. The predicted molar refractivity (Wildman–Crippen MR) is 101 cm³/mol. The number of thioether (sulfide) groups is 1. The Morgan fingerprint density at radius 1 is 1.08 bits per heavy atom. The molecule has 7 heteroatoms. The summed E-state index contributed by atoms with van der Waals surface area (Å²) < 4.78 is 1.77. The van der Waals surface area contributed by atoms with Crippen LogP contribution >= 0.6 is 23.4 Å². The van der Waals surface area contributed by atoms with Crippen molar-refractivity contribution in [2.75, 3.05) is 5.75 Å². The van der Waals surface area contributed by atoms with E-state index in [1.54, 1.807) is 16.4 Å². The average molecular weight is 370 g/mol. The highest BCUT2D eigenvalue weighted by Crippen LogP contribution is 2.27. The van der Waals surface area contributed by atoms with E-state index in [4.69, 9.17) is 22.4 Å². The van der Waals surface area contributed by atoms with Crippen LogP contribution in [0.5, 0.6) is 0 Å². The van der Waals surface area contributed by atoms with Crippen molar-refractivity contribution in [3.63, 3.8) is 0 Å². The summed E-state index contributed by atoms with van der Waals surface area (Å²) in [5, 5.41) is 14.7. The van der Waals surface area contributed by atoms with Gasteiger partial charge < -0.3 is 5.73 Å². The summed E-state index contributed by atoms with van der Waals surface area (Å²) in [6.45, 7) is 0. The number of halogens is 1. The minimum atomic E-state index is -0.266. The van der Waals surface area contributed by atoms with Crippen LogP contribution in [0.15, 0.2) is 64.9 Å². The Hall–Kier alpha value is -2.15. The molecule has 0 spiro atoms. The predicted octanol–water partition coefficient (Wildman–Crippen LogP) is 3.53. The molecule has 126 valence electrons. The van der Waals surface area contributed by atoms with Crippen LogP contribution in [-0.4, -0.2) is 26.3 Å². The van der Waals surface area contributed by atoms with E-state index in [1.165, 1.54) is 0 Å². The van der Waals surface area contributed by atoms with Gasteiger partial charge in [0.25, 0.3) is 0 Å². The summed E-state index contributed by atoms with van der Waals surface area (Å²) >= 11 is 7.58. The second-order valence-electron chi connectivity index (χ2n) is 5.79. The number of fused-ring (bicyclic) bond motifs is 1. The summed E-state index contributed by atoms with van der Waals surface area (Å²) in [5.74, 6) is 1.42. The van der Waals surface area contributed by atoms with E-state index in [1.807, 2.05) is 42.5 Å². The molecule has 2 aromatic carbocycles. The Morgan fingerprint density at radius 2 is 1.84 bits per heavy atom. The molecule has 0 bridgehead atoms. The van der Waals surface area contributed by atoms with Crippen molar-refractivity contribution >= 4 is 29.1 Å². The summed E-state index contributed by atoms with van der Waals surface area (Å²) in [4.78, 5) is 0. The van der Waals surface area contributed by atoms with Gasteiger partial charge in [0, 0.05) is 10.8 Å². The third-order valence-corrected chi connectivity index (χ3v) is 5.18. The molecule has 3 aromatic rings. The van der Waals surface area contributed by atoms with Crippen LogP contribution in [-0.2, 0) is 6.42 Å². The summed E-state index contributed by atoms with van der Waals surface area (Å²) in [7, 11) is 0. The van der Waals surface area contributed by atoms with E-state index in [0.717, 1.165) is 27.7 Å². The Bertz CT molecular complexity index is 905. The van der Waals surface area contributed by atoms with Crippen LogP contribution in [0.2, 0.25) is 5.02 Å². The van der Waals surface area contributed by atoms with Crippen molar-refractivity contribution in [1.29, 1.82) is 0 Å². The van der Waals surface area contributed by atoms with Gasteiger partial charge in [0.1, 0.15) is 0 Å². The minimum Gasteiger partial charge on any atom is -0.321 e. The van der Waals surface area contributed by atoms with Crippen molar-refractivity contribution in [1.82, 2.24) is 14.9 Å². The van der Waals surface area contributed by atoms with Crippen LogP contribution in [0.4, 0.5) is 0 Å². The highest BCUT2D eigenvalue weighted by atomic mass is 35.5. The molecule has 25 heavy (non-hydrogen) atoms. The lowest BCUT2D eigenvalue weighted by molar-refractivity contribution is 0.606. The van der Waals surface area contributed by atoms with Crippen molar-refractivity contribution in [3.8, 4) is 0 Å². The number of hydrogen-bond donors (Lipinski definition) is 1. The van der Waals surface area contributed by atoms with Gasteiger partial charge in [0.2, 0.25) is 5.16 Å². The van der Waals surface area contributed by atoms with E-state index in [-0.39, 0.29) is 6.04 Å². The molecule has 0 saturated heterocycles. The lowest BCUT2D eigenvalue weighted by atomic mass is 10.1. The van der Waals surface area contributed by atoms with E-state index >= 15 is 0 Å². The topological polar surface area (TPSA) is 69.1 Å². The summed E-state index contributed by atoms with van der Waals surface area (Å²) in [5.41, 5.74) is 9.55. The van der Waals surface area contributed by atoms with Gasteiger partial charge in [-0.1, -0.05) is 65.8 Å². The maximum atomic E-state index is 6.38. The van der Waals surface area contributed by atoms with E-state index in [0.29, 0.717) is 17.3 Å². The first-order valence-corrected chi connectivity index (χ1v) is 9.28. The standard InChI is InChI=1S/C18H16ClN5S/c19-14-8-6-13(7-9-14)16-11-25-18-22-21-17(24(18)23-16)15(20)10-12-4-2-1-3-5-12/h1-9,15H,10-11,20H2. The van der Waals surface area contributed by atoms with Crippen LogP contribution in [0, 0.1) is 0 Å². The Labute approximate surface area is 154 Å².